The Labute approximate surface area is 204 Å². The second-order valence-electron chi connectivity index (χ2n) is 7.41. The van der Waals surface area contributed by atoms with Gasteiger partial charge in [0.25, 0.3) is 11.8 Å². The zero-order valence-corrected chi connectivity index (χ0v) is 21.2. The van der Waals surface area contributed by atoms with Crippen molar-refractivity contribution < 1.29 is 28.7 Å². The van der Waals surface area contributed by atoms with Crippen molar-refractivity contribution in [1.29, 1.82) is 0 Å². The summed E-state index contributed by atoms with van der Waals surface area (Å²) in [6.07, 6.45) is 0. The van der Waals surface area contributed by atoms with E-state index in [9.17, 15) is 19.2 Å². The largest absolute Gasteiger partial charge is 0.465 e. The van der Waals surface area contributed by atoms with Crippen LogP contribution < -0.4 is 10.6 Å². The van der Waals surface area contributed by atoms with Crippen molar-refractivity contribution in [3.8, 4) is 0 Å². The fourth-order valence-corrected chi connectivity index (χ4v) is 5.43. The molecule has 0 atom stereocenters. The van der Waals surface area contributed by atoms with Crippen LogP contribution in [0.2, 0.25) is 0 Å². The zero-order valence-electron chi connectivity index (χ0n) is 19.6. The number of thiophene rings is 2. The Kier molecular flexibility index (Phi) is 7.53. The van der Waals surface area contributed by atoms with Crippen LogP contribution in [-0.2, 0) is 9.47 Å². The first kappa shape index (κ1) is 25.1. The highest BCUT2D eigenvalue weighted by Crippen LogP contribution is 2.35. The maximum Gasteiger partial charge on any atom is 0.341 e. The lowest BCUT2D eigenvalue weighted by atomic mass is 10.1. The van der Waals surface area contributed by atoms with Gasteiger partial charge in [0, 0.05) is 9.75 Å². The van der Waals surface area contributed by atoms with Crippen molar-refractivity contribution in [2.24, 2.45) is 0 Å². The van der Waals surface area contributed by atoms with Crippen molar-refractivity contribution >= 4 is 56.4 Å². The van der Waals surface area contributed by atoms with Crippen LogP contribution in [0, 0.1) is 27.7 Å². The van der Waals surface area contributed by atoms with Gasteiger partial charge in [-0.05, 0) is 51.0 Å². The van der Waals surface area contributed by atoms with Crippen molar-refractivity contribution in [1.82, 2.24) is 0 Å². The number of anilines is 2. The van der Waals surface area contributed by atoms with E-state index in [0.29, 0.717) is 10.0 Å². The normalized spacial score (nSPS) is 10.5. The van der Waals surface area contributed by atoms with Gasteiger partial charge in [-0.2, -0.15) is 0 Å². The standard InChI is InChI=1S/C24H24N2O6S2/c1-11-13(3)33-21(17(11)23(29)31-5)25-19(27)15-9-7-8-10-16(15)20(28)26-22-18(24(30)32-6)12(2)14(4)34-22/h7-10H,1-6H3,(H,25,27)(H,26,28). The molecule has 3 rings (SSSR count). The van der Waals surface area contributed by atoms with Crippen molar-refractivity contribution in [2.75, 3.05) is 24.9 Å². The summed E-state index contributed by atoms with van der Waals surface area (Å²) in [5.41, 5.74) is 2.24. The fraction of sp³-hybridized carbons (Fsp3) is 0.250. The summed E-state index contributed by atoms with van der Waals surface area (Å²) in [5.74, 6) is -2.21. The molecule has 8 nitrogen and oxygen atoms in total. The predicted molar refractivity (Wildman–Crippen MR) is 133 cm³/mol. The summed E-state index contributed by atoms with van der Waals surface area (Å²) in [6.45, 7) is 7.23. The number of esters is 2. The quantitative estimate of drug-likeness (QED) is 0.455. The number of carbonyl (C=O) groups excluding carboxylic acids is 4. The van der Waals surface area contributed by atoms with E-state index in [1.807, 2.05) is 13.8 Å². The van der Waals surface area contributed by atoms with E-state index >= 15 is 0 Å². The molecule has 0 radical (unpaired) electrons. The summed E-state index contributed by atoms with van der Waals surface area (Å²) in [5, 5.41) is 6.18. The Bertz CT molecular complexity index is 1210. The lowest BCUT2D eigenvalue weighted by Crippen LogP contribution is -2.21. The monoisotopic (exact) mass is 500 g/mol. The maximum absolute atomic E-state index is 13.1. The number of ether oxygens (including phenoxy) is 2. The molecule has 0 aliphatic heterocycles. The van der Waals surface area contributed by atoms with Crippen molar-refractivity contribution in [2.45, 2.75) is 27.7 Å². The number of nitrogens with one attached hydrogen (secondary N) is 2. The molecule has 0 saturated carbocycles. The lowest BCUT2D eigenvalue weighted by molar-refractivity contribution is 0.0592. The average molecular weight is 501 g/mol. The minimum absolute atomic E-state index is 0.115. The van der Waals surface area contributed by atoms with Gasteiger partial charge in [0.05, 0.1) is 36.5 Å². The molecule has 0 aliphatic rings. The van der Waals surface area contributed by atoms with E-state index in [0.717, 1.165) is 20.9 Å². The minimum Gasteiger partial charge on any atom is -0.465 e. The van der Waals surface area contributed by atoms with Crippen LogP contribution in [-0.4, -0.2) is 38.0 Å². The van der Waals surface area contributed by atoms with Gasteiger partial charge in [-0.25, -0.2) is 9.59 Å². The molecule has 0 fully saturated rings. The Morgan fingerprint density at radius 3 is 1.35 bits per heavy atom. The molecule has 10 heteroatoms. The van der Waals surface area contributed by atoms with Crippen LogP contribution in [0.15, 0.2) is 24.3 Å². The first-order chi connectivity index (χ1) is 16.1. The van der Waals surface area contributed by atoms with E-state index in [4.69, 9.17) is 9.47 Å². The molecule has 0 saturated heterocycles. The van der Waals surface area contributed by atoms with Gasteiger partial charge in [-0.3, -0.25) is 9.59 Å². The molecule has 0 bridgehead atoms. The Morgan fingerprint density at radius 1 is 0.676 bits per heavy atom. The Balaban J connectivity index is 1.93. The smallest absolute Gasteiger partial charge is 0.341 e. The van der Waals surface area contributed by atoms with Crippen LogP contribution in [0.25, 0.3) is 0 Å². The molecule has 34 heavy (non-hydrogen) atoms. The van der Waals surface area contributed by atoms with E-state index in [-0.39, 0.29) is 22.3 Å². The van der Waals surface area contributed by atoms with E-state index in [1.54, 1.807) is 26.0 Å². The van der Waals surface area contributed by atoms with Crippen molar-refractivity contribution in [3.63, 3.8) is 0 Å². The Morgan fingerprint density at radius 2 is 1.03 bits per heavy atom. The van der Waals surface area contributed by atoms with Gasteiger partial charge in [-0.1, -0.05) is 12.1 Å². The topological polar surface area (TPSA) is 111 Å². The van der Waals surface area contributed by atoms with Crippen LogP contribution in [0.4, 0.5) is 10.0 Å². The summed E-state index contributed by atoms with van der Waals surface area (Å²) in [6, 6.07) is 6.30. The van der Waals surface area contributed by atoms with Crippen LogP contribution in [0.5, 0.6) is 0 Å². The van der Waals surface area contributed by atoms with Crippen LogP contribution in [0.3, 0.4) is 0 Å². The molecule has 2 aromatic heterocycles. The molecular weight excluding hydrogens is 476 g/mol. The van der Waals surface area contributed by atoms with Gasteiger partial charge in [-0.15, -0.1) is 22.7 Å². The molecule has 3 aromatic rings. The second-order valence-corrected chi connectivity index (χ2v) is 9.86. The first-order valence-electron chi connectivity index (χ1n) is 10.2. The highest BCUT2D eigenvalue weighted by atomic mass is 32.1. The predicted octanol–water partition coefficient (Wildman–Crippen LogP) is 5.12. The third-order valence-corrected chi connectivity index (χ3v) is 7.67. The summed E-state index contributed by atoms with van der Waals surface area (Å²) in [7, 11) is 2.55. The summed E-state index contributed by atoms with van der Waals surface area (Å²) >= 11 is 2.51. The van der Waals surface area contributed by atoms with Crippen LogP contribution in [0.1, 0.15) is 62.3 Å². The van der Waals surface area contributed by atoms with Gasteiger partial charge in [0.2, 0.25) is 0 Å². The number of aryl methyl sites for hydroxylation is 2. The van der Waals surface area contributed by atoms with Crippen molar-refractivity contribution in [3.05, 3.63) is 67.4 Å². The number of benzene rings is 1. The SMILES string of the molecule is COC(=O)c1c(NC(=O)c2ccccc2C(=O)Nc2sc(C)c(C)c2C(=O)OC)sc(C)c1C. The van der Waals surface area contributed by atoms with Gasteiger partial charge >= 0.3 is 11.9 Å². The fourth-order valence-electron chi connectivity index (χ4n) is 3.35. The highest BCUT2D eigenvalue weighted by Gasteiger charge is 2.26. The summed E-state index contributed by atoms with van der Waals surface area (Å²) in [4.78, 5) is 52.5. The average Bonchev–Trinajstić information content (AvgIpc) is 3.26. The number of methoxy groups -OCH3 is 2. The number of amides is 2. The molecule has 2 amide bonds. The highest BCUT2D eigenvalue weighted by molar-refractivity contribution is 7.17. The number of rotatable bonds is 6. The van der Waals surface area contributed by atoms with Gasteiger partial charge in [0.1, 0.15) is 10.0 Å². The molecular formula is C24H24N2O6S2. The van der Waals surface area contributed by atoms with Crippen LogP contribution >= 0.6 is 22.7 Å². The number of hydrogen-bond acceptors (Lipinski definition) is 8. The molecule has 0 spiro atoms. The molecule has 1 aromatic carbocycles. The third-order valence-electron chi connectivity index (χ3n) is 5.42. The minimum atomic E-state index is -0.554. The van der Waals surface area contributed by atoms with Gasteiger partial charge in [0.15, 0.2) is 0 Å². The summed E-state index contributed by atoms with van der Waals surface area (Å²) < 4.78 is 9.71. The zero-order chi connectivity index (χ0) is 25.2. The first-order valence-corrected chi connectivity index (χ1v) is 11.8. The number of hydrogen-bond donors (Lipinski definition) is 2. The molecule has 2 N–H and O–H groups in total. The molecule has 178 valence electrons. The number of carbonyl (C=O) groups is 4. The third kappa shape index (κ3) is 4.73. The van der Waals surface area contributed by atoms with E-state index in [2.05, 4.69) is 10.6 Å². The maximum atomic E-state index is 13.1. The lowest BCUT2D eigenvalue weighted by Gasteiger charge is -2.11. The molecule has 0 unspecified atom stereocenters. The van der Waals surface area contributed by atoms with Gasteiger partial charge < -0.3 is 20.1 Å². The Hall–Kier alpha value is -3.50. The molecule has 0 aliphatic carbocycles. The molecule has 2 heterocycles. The second kappa shape index (κ2) is 10.2. The van der Waals surface area contributed by atoms with E-state index in [1.165, 1.54) is 49.0 Å². The van der Waals surface area contributed by atoms with E-state index < -0.39 is 23.8 Å².